The van der Waals surface area contributed by atoms with Gasteiger partial charge in [0.15, 0.2) is 0 Å². The normalized spacial score (nSPS) is 12.4. The highest BCUT2D eigenvalue weighted by Gasteiger charge is 2.27. The molecule has 0 unspecified atom stereocenters. The van der Waals surface area contributed by atoms with Crippen molar-refractivity contribution in [3.8, 4) is 12.1 Å². The second kappa shape index (κ2) is 17.4. The van der Waals surface area contributed by atoms with Gasteiger partial charge >= 0.3 is 0 Å². The Morgan fingerprint density at radius 3 is 0.778 bits per heavy atom. The molecule has 10 rings (SSSR count). The summed E-state index contributed by atoms with van der Waals surface area (Å²) in [5.41, 5.74) is 12.0. The molecule has 0 bridgehead atoms. The minimum Gasteiger partial charge on any atom is -0.310 e. The van der Waals surface area contributed by atoms with Gasteiger partial charge in [0.05, 0.1) is 22.5 Å². The van der Waals surface area contributed by atoms with E-state index in [0.717, 1.165) is 88.0 Å². The Morgan fingerprint density at radius 2 is 0.542 bits per heavy atom. The van der Waals surface area contributed by atoms with Crippen molar-refractivity contribution in [1.82, 2.24) is 0 Å². The van der Waals surface area contributed by atoms with Crippen molar-refractivity contribution in [2.45, 2.75) is 105 Å². The van der Waals surface area contributed by atoms with Gasteiger partial charge in [-0.05, 0) is 160 Å². The summed E-state index contributed by atoms with van der Waals surface area (Å²) in [6.45, 7) is 27.0. The zero-order valence-electron chi connectivity index (χ0n) is 44.0. The van der Waals surface area contributed by atoms with Gasteiger partial charge in [0.25, 0.3) is 0 Å². The molecule has 10 aromatic carbocycles. The summed E-state index contributed by atoms with van der Waals surface area (Å²) < 4.78 is 0. The van der Waals surface area contributed by atoms with Crippen molar-refractivity contribution in [2.24, 2.45) is 0 Å². The number of hydrogen-bond donors (Lipinski definition) is 0. The van der Waals surface area contributed by atoms with Crippen LogP contribution in [0.4, 0.5) is 34.1 Å². The number of nitriles is 2. The summed E-state index contributed by atoms with van der Waals surface area (Å²) in [5.74, 6) is 0. The summed E-state index contributed by atoms with van der Waals surface area (Å²) in [6, 6.07) is 67.0. The molecule has 0 aliphatic carbocycles. The molecule has 4 nitrogen and oxygen atoms in total. The number of fused-ring (bicyclic) bond motifs is 10. The molecule has 356 valence electrons. The first kappa shape index (κ1) is 47.7. The van der Waals surface area contributed by atoms with E-state index in [4.69, 9.17) is 0 Å². The number of benzene rings is 10. The first-order valence-electron chi connectivity index (χ1n) is 25.3. The first-order valence-corrected chi connectivity index (χ1v) is 25.3. The Balaban J connectivity index is 1.35. The van der Waals surface area contributed by atoms with Crippen LogP contribution in [0.1, 0.15) is 116 Å². The third kappa shape index (κ3) is 8.40. The zero-order chi connectivity index (χ0) is 51.1. The lowest BCUT2D eigenvalue weighted by Gasteiger charge is -2.31. The van der Waals surface area contributed by atoms with Gasteiger partial charge in [0, 0.05) is 33.5 Å². The van der Waals surface area contributed by atoms with E-state index in [0.29, 0.717) is 11.1 Å². The lowest BCUT2D eigenvalue weighted by Crippen LogP contribution is -2.15. The maximum atomic E-state index is 10.7. The summed E-state index contributed by atoms with van der Waals surface area (Å²) in [4.78, 5) is 4.78. The third-order valence-corrected chi connectivity index (χ3v) is 14.7. The fourth-order valence-electron chi connectivity index (χ4n) is 10.6. The van der Waals surface area contributed by atoms with Gasteiger partial charge in [-0.2, -0.15) is 10.5 Å². The number of hydrogen-bond acceptors (Lipinski definition) is 4. The van der Waals surface area contributed by atoms with E-state index in [1.807, 2.05) is 12.1 Å². The standard InChI is InChI=1S/C68H64N4/c1-65(2,3)45-21-29-49(30-22-45)71(50-31-23-46(24-32-50)66(4,5)6)61-39-59-57-37-43(41-69)44(42-70)38-58(57)60-40-62(54-18-14-16-20-56(54)64(60)63(59)55-19-15-13-17-53(55)61)72(51-33-25-47(26-34-51)67(7,8)9)52-35-27-48(28-36-52)68(10,11)12/h13-40H,1-12H3. The van der Waals surface area contributed by atoms with Crippen molar-refractivity contribution < 1.29 is 0 Å². The van der Waals surface area contributed by atoms with Crippen LogP contribution in [0.2, 0.25) is 0 Å². The van der Waals surface area contributed by atoms with Crippen molar-refractivity contribution in [3.05, 3.63) is 203 Å². The van der Waals surface area contributed by atoms with E-state index in [9.17, 15) is 10.5 Å². The van der Waals surface area contributed by atoms with E-state index in [1.165, 1.54) is 22.3 Å². The molecule has 0 radical (unpaired) electrons. The van der Waals surface area contributed by atoms with E-state index < -0.39 is 0 Å². The molecular formula is C68H64N4. The Hall–Kier alpha value is -7.92. The van der Waals surface area contributed by atoms with E-state index in [2.05, 4.69) is 263 Å². The maximum absolute atomic E-state index is 10.7. The SMILES string of the molecule is CC(C)(C)c1ccc(N(c2ccc(C(C)(C)C)cc2)c2cc3c4cc(C#N)c(C#N)cc4c4cc(N(c5ccc(C(C)(C)C)cc5)c5ccc(C(C)(C)C)cc5)c5ccccc5c4c3c3ccccc23)cc1. The lowest BCUT2D eigenvalue weighted by atomic mass is 9.85. The van der Waals surface area contributed by atoms with Gasteiger partial charge in [-0.25, -0.2) is 0 Å². The van der Waals surface area contributed by atoms with Crippen LogP contribution in [0.5, 0.6) is 0 Å². The van der Waals surface area contributed by atoms with Crippen LogP contribution in [0, 0.1) is 22.7 Å². The van der Waals surface area contributed by atoms with Crippen LogP contribution < -0.4 is 9.80 Å². The molecule has 0 spiro atoms. The minimum atomic E-state index is -0.0124. The minimum absolute atomic E-state index is 0.0124. The first-order chi connectivity index (χ1) is 34.1. The van der Waals surface area contributed by atoms with Crippen LogP contribution in [-0.2, 0) is 21.7 Å². The molecule has 0 heterocycles. The average molecular weight is 937 g/mol. The molecule has 0 aromatic heterocycles. The molecule has 0 N–H and O–H groups in total. The Labute approximate surface area is 426 Å². The highest BCUT2D eigenvalue weighted by atomic mass is 15.1. The molecular weight excluding hydrogens is 873 g/mol. The van der Waals surface area contributed by atoms with Crippen LogP contribution in [-0.4, -0.2) is 0 Å². The number of nitrogens with zero attached hydrogens (tertiary/aromatic N) is 4. The Kier molecular flexibility index (Phi) is 11.6. The van der Waals surface area contributed by atoms with Crippen molar-refractivity contribution in [2.75, 3.05) is 9.80 Å². The van der Waals surface area contributed by atoms with Crippen molar-refractivity contribution in [3.63, 3.8) is 0 Å². The molecule has 0 amide bonds. The number of rotatable bonds is 6. The topological polar surface area (TPSA) is 54.1 Å². The smallest absolute Gasteiger partial charge is 0.101 e. The third-order valence-electron chi connectivity index (χ3n) is 14.7. The van der Waals surface area contributed by atoms with Crippen molar-refractivity contribution >= 4 is 88.0 Å². The lowest BCUT2D eigenvalue weighted by molar-refractivity contribution is 0.590. The van der Waals surface area contributed by atoms with Crippen LogP contribution in [0.3, 0.4) is 0 Å². The zero-order valence-corrected chi connectivity index (χ0v) is 44.0. The number of anilines is 6. The quantitative estimate of drug-likeness (QED) is 0.156. The van der Waals surface area contributed by atoms with Gasteiger partial charge < -0.3 is 9.80 Å². The molecule has 0 saturated carbocycles. The Morgan fingerprint density at radius 1 is 0.292 bits per heavy atom. The largest absolute Gasteiger partial charge is 0.310 e. The molecule has 10 aromatic rings. The molecule has 0 saturated heterocycles. The van der Waals surface area contributed by atoms with Gasteiger partial charge in [-0.15, -0.1) is 0 Å². The Bertz CT molecular complexity index is 3450. The fraction of sp³-hybridized carbons (Fsp3) is 0.235. The second-order valence-corrected chi connectivity index (χ2v) is 23.8. The fourth-order valence-corrected chi connectivity index (χ4v) is 10.6. The molecule has 72 heavy (non-hydrogen) atoms. The summed E-state index contributed by atoms with van der Waals surface area (Å²) in [7, 11) is 0. The van der Waals surface area contributed by atoms with E-state index in [-0.39, 0.29) is 21.7 Å². The molecule has 0 fully saturated rings. The summed E-state index contributed by atoms with van der Waals surface area (Å²) in [6.07, 6.45) is 0. The molecule has 4 heteroatoms. The maximum Gasteiger partial charge on any atom is 0.101 e. The predicted molar refractivity (Wildman–Crippen MR) is 308 cm³/mol. The highest BCUT2D eigenvalue weighted by Crippen LogP contribution is 2.51. The molecule has 0 aliphatic heterocycles. The van der Waals surface area contributed by atoms with Crippen molar-refractivity contribution in [1.29, 1.82) is 10.5 Å². The summed E-state index contributed by atoms with van der Waals surface area (Å²) >= 11 is 0. The van der Waals surface area contributed by atoms with E-state index >= 15 is 0 Å². The van der Waals surface area contributed by atoms with E-state index in [1.54, 1.807) is 0 Å². The highest BCUT2D eigenvalue weighted by molar-refractivity contribution is 6.39. The van der Waals surface area contributed by atoms with Crippen LogP contribution in [0.25, 0.3) is 53.9 Å². The monoisotopic (exact) mass is 937 g/mol. The molecule has 0 atom stereocenters. The molecule has 0 aliphatic rings. The predicted octanol–water partition coefficient (Wildman–Crippen LogP) is 19.3. The average Bonchev–Trinajstić information content (AvgIpc) is 3.35. The van der Waals surface area contributed by atoms with Crippen LogP contribution in [0.15, 0.2) is 170 Å². The van der Waals surface area contributed by atoms with Crippen LogP contribution >= 0.6 is 0 Å². The summed E-state index contributed by atoms with van der Waals surface area (Å²) in [5, 5.41) is 31.9. The van der Waals surface area contributed by atoms with Gasteiger partial charge in [-0.3, -0.25) is 0 Å². The second-order valence-electron chi connectivity index (χ2n) is 23.8. The van der Waals surface area contributed by atoms with Gasteiger partial charge in [0.2, 0.25) is 0 Å². The van der Waals surface area contributed by atoms with Gasteiger partial charge in [0.1, 0.15) is 12.1 Å². The van der Waals surface area contributed by atoms with Gasteiger partial charge in [-0.1, -0.05) is 180 Å².